The van der Waals surface area contributed by atoms with Crippen LogP contribution in [0, 0.1) is 0 Å². The zero-order valence-corrected chi connectivity index (χ0v) is 10.5. The summed E-state index contributed by atoms with van der Waals surface area (Å²) in [5, 5.41) is 8.64. The van der Waals surface area contributed by atoms with Crippen molar-refractivity contribution in [1.82, 2.24) is 0 Å². The molecule has 3 rings (SSSR count). The average Bonchev–Trinajstić information content (AvgIpc) is 2.47. The van der Waals surface area contributed by atoms with Crippen molar-refractivity contribution in [2.75, 3.05) is 0 Å². The molecule has 0 saturated heterocycles. The molecule has 0 spiro atoms. The van der Waals surface area contributed by atoms with Gasteiger partial charge in [-0.1, -0.05) is 54.6 Å². The number of nitrogens with zero attached hydrogens (tertiary/aromatic N) is 2. The normalized spacial score (nSPS) is 21.5. The van der Waals surface area contributed by atoms with E-state index in [1.54, 1.807) is 0 Å². The van der Waals surface area contributed by atoms with Gasteiger partial charge in [-0.25, -0.2) is 0 Å². The van der Waals surface area contributed by atoms with Gasteiger partial charge in [-0.05, 0) is 17.7 Å². The van der Waals surface area contributed by atoms with Crippen LogP contribution in [0.1, 0.15) is 17.5 Å². The third-order valence-electron chi connectivity index (χ3n) is 3.25. The summed E-state index contributed by atoms with van der Waals surface area (Å²) in [5.74, 6) is 0. The summed E-state index contributed by atoms with van der Waals surface area (Å²) >= 11 is 0. The minimum atomic E-state index is -0.763. The molecule has 0 fully saturated rings. The van der Waals surface area contributed by atoms with Crippen molar-refractivity contribution in [3.8, 4) is 0 Å². The van der Waals surface area contributed by atoms with E-state index < -0.39 is 5.66 Å². The van der Waals surface area contributed by atoms with E-state index in [1.807, 2.05) is 60.7 Å². The Morgan fingerprint density at radius 1 is 0.947 bits per heavy atom. The van der Waals surface area contributed by atoms with E-state index >= 15 is 0 Å². The molecule has 3 nitrogen and oxygen atoms in total. The van der Waals surface area contributed by atoms with Crippen LogP contribution in [-0.4, -0.2) is 0 Å². The van der Waals surface area contributed by atoms with Gasteiger partial charge in [0.2, 0.25) is 0 Å². The smallest absolute Gasteiger partial charge is 0.159 e. The molecular formula is C16H15N3. The zero-order valence-electron chi connectivity index (χ0n) is 10.5. The summed E-state index contributed by atoms with van der Waals surface area (Å²) in [6.07, 6.45) is 4.80. The van der Waals surface area contributed by atoms with Crippen molar-refractivity contribution in [1.29, 1.82) is 0 Å². The molecule has 0 aliphatic heterocycles. The topological polar surface area (TPSA) is 50.7 Å². The maximum Gasteiger partial charge on any atom is 0.159 e. The molecular weight excluding hydrogens is 234 g/mol. The Balaban J connectivity index is 1.96. The van der Waals surface area contributed by atoms with Gasteiger partial charge >= 0.3 is 0 Å². The molecule has 0 heterocycles. The molecule has 2 aromatic carbocycles. The standard InChI is InChI=1S/C16H15N3/c17-16(19-18-14-9-2-1-3-10-14)12-6-8-13-7-4-5-11-15(13)16/h1-11H,12,17H2. The minimum Gasteiger partial charge on any atom is -0.302 e. The first-order valence-corrected chi connectivity index (χ1v) is 6.31. The van der Waals surface area contributed by atoms with Crippen LogP contribution in [0.5, 0.6) is 0 Å². The van der Waals surface area contributed by atoms with Crippen molar-refractivity contribution in [3.05, 3.63) is 71.8 Å². The largest absolute Gasteiger partial charge is 0.302 e. The van der Waals surface area contributed by atoms with Crippen LogP contribution in [0.3, 0.4) is 0 Å². The lowest BCUT2D eigenvalue weighted by Crippen LogP contribution is -2.35. The van der Waals surface area contributed by atoms with Crippen molar-refractivity contribution < 1.29 is 0 Å². The van der Waals surface area contributed by atoms with Gasteiger partial charge in [0, 0.05) is 12.0 Å². The molecule has 2 N–H and O–H groups in total. The summed E-state index contributed by atoms with van der Waals surface area (Å²) in [7, 11) is 0. The predicted octanol–water partition coefficient (Wildman–Crippen LogP) is 4.00. The Bertz CT molecular complexity index is 631. The Kier molecular flexibility index (Phi) is 2.97. The first kappa shape index (κ1) is 11.8. The molecule has 1 unspecified atom stereocenters. The van der Waals surface area contributed by atoms with Crippen LogP contribution < -0.4 is 5.73 Å². The third-order valence-corrected chi connectivity index (χ3v) is 3.25. The molecule has 1 aliphatic rings. The fourth-order valence-electron chi connectivity index (χ4n) is 2.25. The highest BCUT2D eigenvalue weighted by atomic mass is 15.2. The first-order valence-electron chi connectivity index (χ1n) is 6.31. The van der Waals surface area contributed by atoms with E-state index in [4.69, 9.17) is 5.73 Å². The lowest BCUT2D eigenvalue weighted by molar-refractivity contribution is 0.447. The van der Waals surface area contributed by atoms with Crippen molar-refractivity contribution in [3.63, 3.8) is 0 Å². The summed E-state index contributed by atoms with van der Waals surface area (Å²) in [4.78, 5) is 0. The minimum absolute atomic E-state index is 0.667. The predicted molar refractivity (Wildman–Crippen MR) is 76.9 cm³/mol. The van der Waals surface area contributed by atoms with Gasteiger partial charge in [0.25, 0.3) is 0 Å². The van der Waals surface area contributed by atoms with E-state index in [0.717, 1.165) is 16.8 Å². The number of rotatable bonds is 2. The molecule has 19 heavy (non-hydrogen) atoms. The number of azo groups is 1. The molecule has 2 aromatic rings. The first-order chi connectivity index (χ1) is 9.28. The van der Waals surface area contributed by atoms with E-state index in [2.05, 4.69) is 16.3 Å². The zero-order chi connectivity index (χ0) is 13.1. The van der Waals surface area contributed by atoms with Crippen LogP contribution in [0.25, 0.3) is 6.08 Å². The molecule has 0 bridgehead atoms. The number of hydrogen-bond acceptors (Lipinski definition) is 3. The number of nitrogens with two attached hydrogens (primary N) is 1. The van der Waals surface area contributed by atoms with Crippen LogP contribution in [0.15, 0.2) is 70.9 Å². The summed E-state index contributed by atoms with van der Waals surface area (Å²) in [6, 6.07) is 17.7. The average molecular weight is 249 g/mol. The lowest BCUT2D eigenvalue weighted by atomic mass is 9.88. The van der Waals surface area contributed by atoms with E-state index in [1.165, 1.54) is 0 Å². The van der Waals surface area contributed by atoms with E-state index in [-0.39, 0.29) is 0 Å². The molecule has 1 aliphatic carbocycles. The van der Waals surface area contributed by atoms with Gasteiger partial charge in [-0.2, -0.15) is 10.2 Å². The van der Waals surface area contributed by atoms with Crippen LogP contribution >= 0.6 is 0 Å². The summed E-state index contributed by atoms with van der Waals surface area (Å²) in [6.45, 7) is 0. The quantitative estimate of drug-likeness (QED) is 0.803. The highest BCUT2D eigenvalue weighted by Gasteiger charge is 2.30. The van der Waals surface area contributed by atoms with Crippen LogP contribution in [-0.2, 0) is 5.66 Å². The van der Waals surface area contributed by atoms with Crippen molar-refractivity contribution in [2.24, 2.45) is 16.0 Å². The molecule has 0 saturated carbocycles. The van der Waals surface area contributed by atoms with Gasteiger partial charge in [-0.15, -0.1) is 0 Å². The Morgan fingerprint density at radius 2 is 1.68 bits per heavy atom. The van der Waals surface area contributed by atoms with Crippen molar-refractivity contribution in [2.45, 2.75) is 12.1 Å². The Labute approximate surface area is 112 Å². The van der Waals surface area contributed by atoms with Crippen LogP contribution in [0.4, 0.5) is 5.69 Å². The molecule has 3 heteroatoms. The third kappa shape index (κ3) is 2.33. The maximum atomic E-state index is 6.41. The molecule has 0 radical (unpaired) electrons. The second-order valence-corrected chi connectivity index (χ2v) is 4.65. The van der Waals surface area contributed by atoms with E-state index in [9.17, 15) is 0 Å². The summed E-state index contributed by atoms with van der Waals surface area (Å²) in [5.41, 5.74) is 8.60. The SMILES string of the molecule is NC1(N=Nc2ccccc2)CC=Cc2ccccc21. The summed E-state index contributed by atoms with van der Waals surface area (Å²) < 4.78 is 0. The number of benzene rings is 2. The second-order valence-electron chi connectivity index (χ2n) is 4.65. The van der Waals surface area contributed by atoms with E-state index in [0.29, 0.717) is 6.42 Å². The number of fused-ring (bicyclic) bond motifs is 1. The van der Waals surface area contributed by atoms with Gasteiger partial charge in [0.15, 0.2) is 5.66 Å². The highest BCUT2D eigenvalue weighted by molar-refractivity contribution is 5.58. The number of hydrogen-bond donors (Lipinski definition) is 1. The molecule has 0 aromatic heterocycles. The maximum absolute atomic E-state index is 6.41. The molecule has 1 atom stereocenters. The van der Waals surface area contributed by atoms with Gasteiger partial charge < -0.3 is 5.73 Å². The lowest BCUT2D eigenvalue weighted by Gasteiger charge is -2.27. The Morgan fingerprint density at radius 3 is 2.53 bits per heavy atom. The molecule has 94 valence electrons. The molecule has 0 amide bonds. The second kappa shape index (κ2) is 4.78. The monoisotopic (exact) mass is 249 g/mol. The Hall–Kier alpha value is -2.26. The van der Waals surface area contributed by atoms with Crippen LogP contribution in [0.2, 0.25) is 0 Å². The fourth-order valence-corrected chi connectivity index (χ4v) is 2.25. The van der Waals surface area contributed by atoms with Crippen molar-refractivity contribution >= 4 is 11.8 Å². The van der Waals surface area contributed by atoms with Gasteiger partial charge in [0.1, 0.15) is 0 Å². The fraction of sp³-hybridized carbons (Fsp3) is 0.125. The van der Waals surface area contributed by atoms with Gasteiger partial charge in [0.05, 0.1) is 5.69 Å². The van der Waals surface area contributed by atoms with Gasteiger partial charge in [-0.3, -0.25) is 0 Å². The highest BCUT2D eigenvalue weighted by Crippen LogP contribution is 2.33.